The molecule has 1 aromatic heterocycles. The summed E-state index contributed by atoms with van der Waals surface area (Å²) in [6, 6.07) is 8.93. The fourth-order valence-corrected chi connectivity index (χ4v) is 4.18. The van der Waals surface area contributed by atoms with Crippen LogP contribution in [0.5, 0.6) is 11.5 Å². The zero-order chi connectivity index (χ0) is 22.2. The van der Waals surface area contributed by atoms with Crippen LogP contribution in [0, 0.1) is 0 Å². The SMILES string of the molecule is COc1cc(CNCCCSc2nnnn2C)c(Cl)cc1OCc1ccc(Cl)cc1Cl. The van der Waals surface area contributed by atoms with E-state index in [1.165, 1.54) is 0 Å². The highest BCUT2D eigenvalue weighted by molar-refractivity contribution is 7.99. The molecule has 0 atom stereocenters. The van der Waals surface area contributed by atoms with Crippen molar-refractivity contribution in [3.63, 3.8) is 0 Å². The number of aromatic nitrogens is 4. The summed E-state index contributed by atoms with van der Waals surface area (Å²) in [5, 5.41) is 17.3. The smallest absolute Gasteiger partial charge is 0.209 e. The Balaban J connectivity index is 1.50. The Labute approximate surface area is 200 Å². The van der Waals surface area contributed by atoms with Crippen LogP contribution >= 0.6 is 46.6 Å². The molecule has 31 heavy (non-hydrogen) atoms. The number of thioether (sulfide) groups is 1. The van der Waals surface area contributed by atoms with Crippen molar-refractivity contribution < 1.29 is 9.47 Å². The van der Waals surface area contributed by atoms with Gasteiger partial charge in [0.05, 0.1) is 7.11 Å². The molecule has 0 saturated carbocycles. The van der Waals surface area contributed by atoms with E-state index in [0.29, 0.717) is 33.1 Å². The average Bonchev–Trinajstić information content (AvgIpc) is 3.15. The number of nitrogens with one attached hydrogen (secondary N) is 1. The molecule has 3 aromatic rings. The van der Waals surface area contributed by atoms with Gasteiger partial charge in [0.15, 0.2) is 11.5 Å². The normalized spacial score (nSPS) is 11.0. The van der Waals surface area contributed by atoms with Crippen molar-refractivity contribution in [2.75, 3.05) is 19.4 Å². The van der Waals surface area contributed by atoms with Crippen LogP contribution in [-0.2, 0) is 20.2 Å². The first-order valence-electron chi connectivity index (χ1n) is 9.47. The largest absolute Gasteiger partial charge is 0.493 e. The summed E-state index contributed by atoms with van der Waals surface area (Å²) in [7, 11) is 3.43. The van der Waals surface area contributed by atoms with Crippen molar-refractivity contribution >= 4 is 46.6 Å². The minimum absolute atomic E-state index is 0.277. The van der Waals surface area contributed by atoms with E-state index in [4.69, 9.17) is 44.3 Å². The maximum absolute atomic E-state index is 6.47. The van der Waals surface area contributed by atoms with E-state index < -0.39 is 0 Å². The Kier molecular flexibility index (Phi) is 9.10. The summed E-state index contributed by atoms with van der Waals surface area (Å²) in [6.45, 7) is 1.73. The van der Waals surface area contributed by atoms with Gasteiger partial charge < -0.3 is 14.8 Å². The van der Waals surface area contributed by atoms with Crippen LogP contribution in [0.2, 0.25) is 15.1 Å². The van der Waals surface area contributed by atoms with E-state index in [0.717, 1.165) is 35.0 Å². The minimum atomic E-state index is 0.277. The van der Waals surface area contributed by atoms with E-state index >= 15 is 0 Å². The lowest BCUT2D eigenvalue weighted by Gasteiger charge is -2.15. The van der Waals surface area contributed by atoms with Gasteiger partial charge in [0.1, 0.15) is 6.61 Å². The molecule has 7 nitrogen and oxygen atoms in total. The Bertz CT molecular complexity index is 1020. The van der Waals surface area contributed by atoms with Crippen molar-refractivity contribution in [3.8, 4) is 11.5 Å². The second-order valence-corrected chi connectivity index (χ2v) is 8.90. The number of hydrogen-bond acceptors (Lipinski definition) is 7. The van der Waals surface area contributed by atoms with Crippen molar-refractivity contribution in [2.24, 2.45) is 7.05 Å². The van der Waals surface area contributed by atoms with Gasteiger partial charge in [0, 0.05) is 46.0 Å². The van der Waals surface area contributed by atoms with Crippen LogP contribution in [-0.4, -0.2) is 39.6 Å². The molecule has 0 fully saturated rings. The van der Waals surface area contributed by atoms with E-state index in [1.807, 2.05) is 19.2 Å². The van der Waals surface area contributed by atoms with Crippen molar-refractivity contribution in [1.29, 1.82) is 0 Å². The fourth-order valence-electron chi connectivity index (χ4n) is 2.71. The summed E-state index contributed by atoms with van der Waals surface area (Å²) < 4.78 is 13.0. The average molecular weight is 503 g/mol. The van der Waals surface area contributed by atoms with E-state index in [1.54, 1.807) is 41.8 Å². The van der Waals surface area contributed by atoms with Gasteiger partial charge in [-0.1, -0.05) is 52.6 Å². The van der Waals surface area contributed by atoms with Gasteiger partial charge >= 0.3 is 0 Å². The molecular weight excluding hydrogens is 481 g/mol. The highest BCUT2D eigenvalue weighted by Gasteiger charge is 2.12. The first-order chi connectivity index (χ1) is 15.0. The molecule has 166 valence electrons. The van der Waals surface area contributed by atoms with Crippen molar-refractivity contribution in [1.82, 2.24) is 25.5 Å². The second kappa shape index (κ2) is 11.8. The molecule has 0 spiro atoms. The third kappa shape index (κ3) is 6.89. The minimum Gasteiger partial charge on any atom is -0.493 e. The number of hydrogen-bond donors (Lipinski definition) is 1. The van der Waals surface area contributed by atoms with Gasteiger partial charge in [-0.2, -0.15) is 0 Å². The number of rotatable bonds is 11. The Morgan fingerprint density at radius 1 is 1.06 bits per heavy atom. The highest BCUT2D eigenvalue weighted by atomic mass is 35.5. The Morgan fingerprint density at radius 2 is 1.87 bits per heavy atom. The zero-order valence-electron chi connectivity index (χ0n) is 17.1. The maximum Gasteiger partial charge on any atom is 0.209 e. The molecule has 2 aromatic carbocycles. The van der Waals surface area contributed by atoms with Gasteiger partial charge in [-0.25, -0.2) is 4.68 Å². The van der Waals surface area contributed by atoms with Crippen LogP contribution in [0.25, 0.3) is 0 Å². The van der Waals surface area contributed by atoms with Crippen molar-refractivity contribution in [3.05, 3.63) is 56.5 Å². The first-order valence-corrected chi connectivity index (χ1v) is 11.6. The molecule has 0 aliphatic heterocycles. The number of halogens is 3. The third-order valence-corrected chi connectivity index (χ3v) is 6.39. The lowest BCUT2D eigenvalue weighted by atomic mass is 10.2. The quantitative estimate of drug-likeness (QED) is 0.291. The van der Waals surface area contributed by atoms with E-state index in [2.05, 4.69) is 20.8 Å². The summed E-state index contributed by atoms with van der Waals surface area (Å²) in [5.74, 6) is 2.07. The number of methoxy groups -OCH3 is 1. The van der Waals surface area contributed by atoms with Crippen LogP contribution in [0.4, 0.5) is 0 Å². The van der Waals surface area contributed by atoms with Gasteiger partial charge in [-0.3, -0.25) is 0 Å². The van der Waals surface area contributed by atoms with Gasteiger partial charge in [-0.05, 0) is 47.2 Å². The first kappa shape index (κ1) is 23.9. The molecule has 0 radical (unpaired) electrons. The molecular formula is C20H22Cl3N5O2S. The number of aryl methyl sites for hydroxylation is 1. The summed E-state index contributed by atoms with van der Waals surface area (Å²) in [4.78, 5) is 0. The Morgan fingerprint density at radius 3 is 2.58 bits per heavy atom. The standard InChI is InChI=1S/C20H22Cl3N5O2S/c1-28-20(25-26-27-28)31-7-3-6-24-11-14-8-18(29-2)19(10-17(14)23)30-12-13-4-5-15(21)9-16(13)22/h4-5,8-10,24H,3,6-7,11-12H2,1-2H3. The molecule has 1 heterocycles. The second-order valence-electron chi connectivity index (χ2n) is 6.58. The van der Waals surface area contributed by atoms with E-state index in [-0.39, 0.29) is 6.61 Å². The van der Waals surface area contributed by atoms with Crippen LogP contribution < -0.4 is 14.8 Å². The Hall–Kier alpha value is -1.71. The number of nitrogens with zero attached hydrogens (tertiary/aromatic N) is 4. The van der Waals surface area contributed by atoms with Crippen LogP contribution in [0.1, 0.15) is 17.5 Å². The monoisotopic (exact) mass is 501 g/mol. The van der Waals surface area contributed by atoms with Gasteiger partial charge in [-0.15, -0.1) is 5.10 Å². The lowest BCUT2D eigenvalue weighted by molar-refractivity contribution is 0.284. The van der Waals surface area contributed by atoms with Crippen LogP contribution in [0.15, 0.2) is 35.5 Å². The molecule has 0 saturated heterocycles. The zero-order valence-corrected chi connectivity index (χ0v) is 20.2. The molecule has 0 aliphatic carbocycles. The summed E-state index contributed by atoms with van der Waals surface area (Å²) in [5.41, 5.74) is 1.76. The number of ether oxygens (including phenoxy) is 2. The molecule has 1 N–H and O–H groups in total. The molecule has 0 amide bonds. The molecule has 3 rings (SSSR count). The molecule has 11 heteroatoms. The lowest BCUT2D eigenvalue weighted by Crippen LogP contribution is -2.16. The third-order valence-electron chi connectivity index (χ3n) is 4.36. The fraction of sp³-hybridized carbons (Fsp3) is 0.350. The predicted molar refractivity (Wildman–Crippen MR) is 125 cm³/mol. The highest BCUT2D eigenvalue weighted by Crippen LogP contribution is 2.34. The van der Waals surface area contributed by atoms with E-state index in [9.17, 15) is 0 Å². The number of tetrazole rings is 1. The predicted octanol–water partition coefficient (Wildman–Crippen LogP) is 5.03. The summed E-state index contributed by atoms with van der Waals surface area (Å²) >= 11 is 20.2. The van der Waals surface area contributed by atoms with Crippen molar-refractivity contribution in [2.45, 2.75) is 24.7 Å². The van der Waals surface area contributed by atoms with Crippen LogP contribution in [0.3, 0.4) is 0 Å². The molecule has 0 unspecified atom stereocenters. The topological polar surface area (TPSA) is 74.1 Å². The molecule has 0 aliphatic rings. The summed E-state index contributed by atoms with van der Waals surface area (Å²) in [6.07, 6.45) is 0.968. The van der Waals surface area contributed by atoms with Gasteiger partial charge in [0.25, 0.3) is 0 Å². The maximum atomic E-state index is 6.47. The number of benzene rings is 2. The molecule has 0 bridgehead atoms. The van der Waals surface area contributed by atoms with Gasteiger partial charge in [0.2, 0.25) is 5.16 Å².